The lowest BCUT2D eigenvalue weighted by Crippen LogP contribution is -2.42. The van der Waals surface area contributed by atoms with Crippen molar-refractivity contribution in [3.8, 4) is 0 Å². The van der Waals surface area contributed by atoms with Gasteiger partial charge in [0.15, 0.2) is 11.6 Å². The molecular formula is C10H14FN3O. The van der Waals surface area contributed by atoms with Crippen LogP contribution in [-0.4, -0.2) is 37.3 Å². The van der Waals surface area contributed by atoms with Crippen LogP contribution in [-0.2, 0) is 4.74 Å². The molecule has 0 bridgehead atoms. The van der Waals surface area contributed by atoms with E-state index < -0.39 is 0 Å². The Balaban J connectivity index is 1.84. The maximum absolute atomic E-state index is 13.2. The molecule has 0 radical (unpaired) electrons. The zero-order valence-corrected chi connectivity index (χ0v) is 8.37. The minimum atomic E-state index is -0.332. The largest absolute Gasteiger partial charge is 0.374 e. The zero-order valence-electron chi connectivity index (χ0n) is 8.37. The number of anilines is 1. The van der Waals surface area contributed by atoms with Crippen LogP contribution in [0.4, 0.5) is 10.2 Å². The van der Waals surface area contributed by atoms with Crippen LogP contribution in [0.3, 0.4) is 0 Å². The van der Waals surface area contributed by atoms with Gasteiger partial charge in [-0.2, -0.15) is 0 Å². The molecule has 82 valence electrons. The van der Waals surface area contributed by atoms with Gasteiger partial charge in [0.25, 0.3) is 0 Å². The summed E-state index contributed by atoms with van der Waals surface area (Å²) >= 11 is 0. The van der Waals surface area contributed by atoms with Crippen LogP contribution in [0.2, 0.25) is 0 Å². The minimum absolute atomic E-state index is 0.0835. The van der Waals surface area contributed by atoms with E-state index in [-0.39, 0.29) is 17.7 Å². The summed E-state index contributed by atoms with van der Waals surface area (Å²) < 4.78 is 18.6. The molecule has 1 aromatic heterocycles. The van der Waals surface area contributed by atoms with E-state index in [4.69, 9.17) is 4.74 Å². The predicted octanol–water partition coefficient (Wildman–Crippen LogP) is 0.621. The van der Waals surface area contributed by atoms with Crippen molar-refractivity contribution in [1.82, 2.24) is 10.3 Å². The number of aromatic nitrogens is 1. The van der Waals surface area contributed by atoms with Crippen LogP contribution in [0, 0.1) is 5.82 Å². The van der Waals surface area contributed by atoms with Crippen molar-refractivity contribution in [2.75, 3.05) is 31.6 Å². The summed E-state index contributed by atoms with van der Waals surface area (Å²) in [6.45, 7) is 2.95. The van der Waals surface area contributed by atoms with E-state index in [1.165, 1.54) is 6.07 Å². The highest BCUT2D eigenvalue weighted by Crippen LogP contribution is 2.08. The predicted molar refractivity (Wildman–Crippen MR) is 55.3 cm³/mol. The lowest BCUT2D eigenvalue weighted by atomic mass is 10.3. The normalized spacial score (nSPS) is 21.3. The van der Waals surface area contributed by atoms with E-state index in [0.29, 0.717) is 13.2 Å². The second kappa shape index (κ2) is 5.04. The van der Waals surface area contributed by atoms with Gasteiger partial charge in [-0.05, 0) is 12.1 Å². The van der Waals surface area contributed by atoms with Gasteiger partial charge in [0, 0.05) is 25.8 Å². The van der Waals surface area contributed by atoms with Crippen LogP contribution in [0.5, 0.6) is 0 Å². The maximum Gasteiger partial charge on any atom is 0.165 e. The maximum atomic E-state index is 13.2. The molecule has 2 rings (SSSR count). The molecule has 1 aliphatic rings. The molecule has 0 saturated carbocycles. The third-order valence-electron chi connectivity index (χ3n) is 2.26. The Kier molecular flexibility index (Phi) is 3.47. The summed E-state index contributed by atoms with van der Waals surface area (Å²) in [5.74, 6) is -0.0482. The molecule has 1 fully saturated rings. The van der Waals surface area contributed by atoms with E-state index in [1.807, 2.05) is 0 Å². The average molecular weight is 211 g/mol. The van der Waals surface area contributed by atoms with Crippen molar-refractivity contribution >= 4 is 5.82 Å². The Bertz CT molecular complexity index is 315. The van der Waals surface area contributed by atoms with E-state index in [0.717, 1.165) is 13.1 Å². The fourth-order valence-electron chi connectivity index (χ4n) is 1.48. The third-order valence-corrected chi connectivity index (χ3v) is 2.26. The summed E-state index contributed by atoms with van der Waals surface area (Å²) in [5, 5.41) is 6.14. The quantitative estimate of drug-likeness (QED) is 0.769. The van der Waals surface area contributed by atoms with Crippen molar-refractivity contribution in [3.05, 3.63) is 24.1 Å². The zero-order chi connectivity index (χ0) is 10.5. The Hall–Kier alpha value is -1.20. The second-order valence-electron chi connectivity index (χ2n) is 3.41. The van der Waals surface area contributed by atoms with E-state index >= 15 is 0 Å². The summed E-state index contributed by atoms with van der Waals surface area (Å²) in [6.07, 6.45) is 1.64. The van der Waals surface area contributed by atoms with Crippen molar-refractivity contribution in [3.63, 3.8) is 0 Å². The van der Waals surface area contributed by atoms with Crippen LogP contribution < -0.4 is 10.6 Å². The molecule has 0 aliphatic carbocycles. The highest BCUT2D eigenvalue weighted by atomic mass is 19.1. The number of hydrogen-bond acceptors (Lipinski definition) is 4. The Morgan fingerprint density at radius 2 is 2.60 bits per heavy atom. The van der Waals surface area contributed by atoms with Gasteiger partial charge >= 0.3 is 0 Å². The lowest BCUT2D eigenvalue weighted by molar-refractivity contribution is 0.0371. The van der Waals surface area contributed by atoms with Crippen LogP contribution >= 0.6 is 0 Å². The number of pyridine rings is 1. The van der Waals surface area contributed by atoms with Gasteiger partial charge in [0.05, 0.1) is 12.7 Å². The minimum Gasteiger partial charge on any atom is -0.374 e. The van der Waals surface area contributed by atoms with Crippen molar-refractivity contribution in [2.45, 2.75) is 6.10 Å². The molecule has 1 aromatic rings. The van der Waals surface area contributed by atoms with Gasteiger partial charge in [-0.15, -0.1) is 0 Å². The third kappa shape index (κ3) is 2.87. The molecule has 1 atom stereocenters. The molecule has 1 aliphatic heterocycles. The fourth-order valence-corrected chi connectivity index (χ4v) is 1.48. The molecule has 2 heterocycles. The van der Waals surface area contributed by atoms with Gasteiger partial charge < -0.3 is 15.4 Å². The number of rotatable bonds is 3. The molecule has 0 spiro atoms. The van der Waals surface area contributed by atoms with Gasteiger partial charge in [-0.1, -0.05) is 0 Å². The molecule has 2 N–H and O–H groups in total. The summed E-state index contributed by atoms with van der Waals surface area (Å²) in [7, 11) is 0. The van der Waals surface area contributed by atoms with Gasteiger partial charge in [0.1, 0.15) is 0 Å². The topological polar surface area (TPSA) is 46.2 Å². The van der Waals surface area contributed by atoms with Crippen molar-refractivity contribution < 1.29 is 9.13 Å². The van der Waals surface area contributed by atoms with E-state index in [9.17, 15) is 4.39 Å². The molecule has 0 amide bonds. The first-order valence-corrected chi connectivity index (χ1v) is 5.03. The summed E-state index contributed by atoms with van der Waals surface area (Å²) in [4.78, 5) is 3.90. The molecule has 0 aromatic carbocycles. The second-order valence-corrected chi connectivity index (χ2v) is 3.41. The molecule has 5 heteroatoms. The number of morpholine rings is 1. The van der Waals surface area contributed by atoms with Crippen LogP contribution in [0.1, 0.15) is 0 Å². The highest BCUT2D eigenvalue weighted by Gasteiger charge is 2.13. The van der Waals surface area contributed by atoms with Crippen LogP contribution in [0.25, 0.3) is 0 Å². The number of hydrogen-bond donors (Lipinski definition) is 2. The average Bonchev–Trinajstić information content (AvgIpc) is 2.29. The standard InChI is InChI=1S/C10H14FN3O/c11-9-2-1-3-13-10(9)14-7-8-6-12-4-5-15-8/h1-3,8,12H,4-7H2,(H,13,14). The van der Waals surface area contributed by atoms with Crippen LogP contribution in [0.15, 0.2) is 18.3 Å². The SMILES string of the molecule is Fc1cccnc1NCC1CNCCO1. The first-order valence-electron chi connectivity index (χ1n) is 5.03. The Morgan fingerprint density at radius 1 is 1.67 bits per heavy atom. The smallest absolute Gasteiger partial charge is 0.165 e. The number of ether oxygens (including phenoxy) is 1. The summed E-state index contributed by atoms with van der Waals surface area (Å²) in [5.41, 5.74) is 0. The Morgan fingerprint density at radius 3 is 3.33 bits per heavy atom. The molecular weight excluding hydrogens is 197 g/mol. The molecule has 15 heavy (non-hydrogen) atoms. The van der Waals surface area contributed by atoms with Crippen molar-refractivity contribution in [1.29, 1.82) is 0 Å². The Labute approximate surface area is 87.8 Å². The number of nitrogens with one attached hydrogen (secondary N) is 2. The van der Waals surface area contributed by atoms with E-state index in [2.05, 4.69) is 15.6 Å². The first kappa shape index (κ1) is 10.3. The number of nitrogens with zero attached hydrogens (tertiary/aromatic N) is 1. The first-order chi connectivity index (χ1) is 7.36. The lowest BCUT2D eigenvalue weighted by Gasteiger charge is -2.23. The summed E-state index contributed by atoms with van der Waals surface area (Å²) in [6, 6.07) is 2.95. The highest BCUT2D eigenvalue weighted by molar-refractivity contribution is 5.35. The fraction of sp³-hybridized carbons (Fsp3) is 0.500. The van der Waals surface area contributed by atoms with Crippen molar-refractivity contribution in [2.24, 2.45) is 0 Å². The molecule has 1 saturated heterocycles. The number of halogens is 1. The van der Waals surface area contributed by atoms with Gasteiger partial charge in [-0.25, -0.2) is 9.37 Å². The van der Waals surface area contributed by atoms with E-state index in [1.54, 1.807) is 12.3 Å². The van der Waals surface area contributed by atoms with Gasteiger partial charge in [0.2, 0.25) is 0 Å². The van der Waals surface area contributed by atoms with Gasteiger partial charge in [-0.3, -0.25) is 0 Å². The monoisotopic (exact) mass is 211 g/mol. The molecule has 1 unspecified atom stereocenters. The molecule has 4 nitrogen and oxygen atoms in total.